The van der Waals surface area contributed by atoms with Gasteiger partial charge in [-0.1, -0.05) is 0 Å². The summed E-state index contributed by atoms with van der Waals surface area (Å²) in [5.41, 5.74) is 1.40. The first-order valence-corrected chi connectivity index (χ1v) is 2.72. The summed E-state index contributed by atoms with van der Waals surface area (Å²) in [7, 11) is 1.71. The lowest BCUT2D eigenvalue weighted by Crippen LogP contribution is -1.95. The number of rotatable bonds is 1. The summed E-state index contributed by atoms with van der Waals surface area (Å²) in [6.45, 7) is 1.33. The van der Waals surface area contributed by atoms with Gasteiger partial charge in [-0.05, 0) is 6.92 Å². The molecule has 1 rings (SSSR count). The maximum absolute atomic E-state index is 12.0. The summed E-state index contributed by atoms with van der Waals surface area (Å²) in [5.74, 6) is 0. The minimum atomic E-state index is -0.459. The Hall–Kier alpha value is -0.860. The van der Waals surface area contributed by atoms with Gasteiger partial charge in [-0.2, -0.15) is 5.10 Å². The Morgan fingerprint density at radius 3 is 2.67 bits per heavy atom. The second-order valence-corrected chi connectivity index (χ2v) is 1.94. The molecule has 9 heavy (non-hydrogen) atoms. The minimum absolute atomic E-state index is 0.459. The molecule has 0 aliphatic heterocycles. The number of aromatic nitrogens is 2. The Morgan fingerprint density at radius 2 is 2.44 bits per heavy atom. The molecule has 0 aliphatic carbocycles. The van der Waals surface area contributed by atoms with Crippen molar-refractivity contribution >= 4 is 0 Å². The van der Waals surface area contributed by atoms with Crippen molar-refractivity contribution in [3.8, 4) is 0 Å². The van der Waals surface area contributed by atoms with E-state index in [0.29, 0.717) is 5.69 Å². The Kier molecular flexibility index (Phi) is 1.51. The van der Waals surface area contributed by atoms with Gasteiger partial charge >= 0.3 is 0 Å². The molecule has 0 unspecified atom stereocenters. The highest BCUT2D eigenvalue weighted by Crippen LogP contribution is 2.04. The fourth-order valence-electron chi connectivity index (χ4n) is 0.704. The van der Waals surface area contributed by atoms with E-state index in [1.54, 1.807) is 14.0 Å². The van der Waals surface area contributed by atoms with Crippen molar-refractivity contribution in [3.05, 3.63) is 17.5 Å². The third-order valence-electron chi connectivity index (χ3n) is 1.32. The molecular weight excluding hydrogens is 119 g/mol. The van der Waals surface area contributed by atoms with Crippen LogP contribution in [0.5, 0.6) is 0 Å². The van der Waals surface area contributed by atoms with E-state index >= 15 is 0 Å². The van der Waals surface area contributed by atoms with Crippen LogP contribution in [-0.4, -0.2) is 9.78 Å². The summed E-state index contributed by atoms with van der Waals surface area (Å²) in [5, 5.41) is 3.74. The Labute approximate surface area is 53.3 Å². The van der Waals surface area contributed by atoms with E-state index in [-0.39, 0.29) is 0 Å². The predicted octanol–water partition coefficient (Wildman–Crippen LogP) is 0.998. The van der Waals surface area contributed by atoms with Crippen molar-refractivity contribution in [1.82, 2.24) is 9.78 Å². The van der Waals surface area contributed by atoms with Crippen LogP contribution in [0.1, 0.15) is 11.3 Å². The average Bonchev–Trinajstić information content (AvgIpc) is 2.12. The lowest BCUT2D eigenvalue weighted by molar-refractivity contribution is 0.456. The van der Waals surface area contributed by atoms with Crippen LogP contribution in [0.25, 0.3) is 0 Å². The van der Waals surface area contributed by atoms with Crippen LogP contribution >= 0.6 is 0 Å². The van der Waals surface area contributed by atoms with Crippen LogP contribution in [0.2, 0.25) is 0 Å². The van der Waals surface area contributed by atoms with Crippen molar-refractivity contribution in [1.29, 1.82) is 0 Å². The molecule has 0 atom stereocenters. The monoisotopic (exact) mass is 127 g/mol. The molecule has 49 valence electrons. The van der Waals surface area contributed by atoms with Gasteiger partial charge in [0.15, 0.2) is 0 Å². The van der Waals surface area contributed by atoms with Crippen LogP contribution in [0.15, 0.2) is 0 Å². The second kappa shape index (κ2) is 2.17. The summed E-state index contributed by atoms with van der Waals surface area (Å²) >= 11 is 0. The lowest BCUT2D eigenvalue weighted by Gasteiger charge is -1.93. The van der Waals surface area contributed by atoms with Gasteiger partial charge in [0.1, 0.15) is 12.9 Å². The van der Waals surface area contributed by atoms with Crippen LogP contribution < -0.4 is 0 Å². The Balaban J connectivity index is 3.07. The van der Waals surface area contributed by atoms with E-state index in [9.17, 15) is 4.39 Å². The fourth-order valence-corrected chi connectivity index (χ4v) is 0.704. The van der Waals surface area contributed by atoms with E-state index in [2.05, 4.69) is 11.3 Å². The molecule has 3 heteroatoms. The molecule has 0 fully saturated rings. The van der Waals surface area contributed by atoms with Crippen molar-refractivity contribution in [2.24, 2.45) is 7.05 Å². The normalized spacial score (nSPS) is 10.1. The maximum Gasteiger partial charge on any atom is 0.131 e. The third-order valence-corrected chi connectivity index (χ3v) is 1.32. The van der Waals surface area contributed by atoms with Gasteiger partial charge in [-0.25, -0.2) is 4.39 Å². The van der Waals surface area contributed by atoms with E-state index in [1.165, 1.54) is 4.68 Å². The molecule has 0 saturated carbocycles. The van der Waals surface area contributed by atoms with Crippen molar-refractivity contribution in [2.45, 2.75) is 13.6 Å². The van der Waals surface area contributed by atoms with Gasteiger partial charge in [-0.15, -0.1) is 0 Å². The fraction of sp³-hybridized carbons (Fsp3) is 0.500. The van der Waals surface area contributed by atoms with Crippen LogP contribution in [0, 0.1) is 13.1 Å². The highest BCUT2D eigenvalue weighted by Gasteiger charge is 2.01. The highest BCUT2D eigenvalue weighted by atomic mass is 19.1. The lowest BCUT2D eigenvalue weighted by atomic mass is 10.3. The average molecular weight is 127 g/mol. The number of hydrogen-bond acceptors (Lipinski definition) is 1. The van der Waals surface area contributed by atoms with E-state index in [1.807, 2.05) is 0 Å². The van der Waals surface area contributed by atoms with Crippen molar-refractivity contribution in [2.75, 3.05) is 0 Å². The van der Waals surface area contributed by atoms with E-state index < -0.39 is 6.67 Å². The van der Waals surface area contributed by atoms with Gasteiger partial charge in [0.25, 0.3) is 0 Å². The van der Waals surface area contributed by atoms with E-state index in [4.69, 9.17) is 0 Å². The molecule has 0 amide bonds. The minimum Gasteiger partial charge on any atom is -0.269 e. The molecule has 1 heterocycles. The zero-order valence-electron chi connectivity index (χ0n) is 5.48. The molecular formula is C6H8FN2. The van der Waals surface area contributed by atoms with Gasteiger partial charge in [0, 0.05) is 12.6 Å². The van der Waals surface area contributed by atoms with Gasteiger partial charge < -0.3 is 0 Å². The topological polar surface area (TPSA) is 17.8 Å². The first kappa shape index (κ1) is 6.26. The maximum atomic E-state index is 12.0. The van der Waals surface area contributed by atoms with Crippen LogP contribution in [-0.2, 0) is 13.7 Å². The molecule has 0 aliphatic rings. The number of nitrogens with zero attached hydrogens (tertiary/aromatic N) is 2. The van der Waals surface area contributed by atoms with Crippen molar-refractivity contribution < 1.29 is 4.39 Å². The first-order valence-electron chi connectivity index (χ1n) is 2.72. The summed E-state index contributed by atoms with van der Waals surface area (Å²) in [6, 6.07) is 0. The highest BCUT2D eigenvalue weighted by molar-refractivity contribution is 5.12. The summed E-state index contributed by atoms with van der Waals surface area (Å²) < 4.78 is 13.5. The SMILES string of the molecule is Cc1[c]nn(C)c1CF. The van der Waals surface area contributed by atoms with E-state index in [0.717, 1.165) is 5.56 Å². The molecule has 1 radical (unpaired) electrons. The molecule has 0 bridgehead atoms. The molecule has 1 aromatic rings. The molecule has 0 N–H and O–H groups in total. The smallest absolute Gasteiger partial charge is 0.131 e. The number of halogens is 1. The quantitative estimate of drug-likeness (QED) is 0.550. The standard InChI is InChI=1S/C6H8FN2/c1-5-4-8-9(2)6(5)3-7/h3H2,1-2H3. The Bertz CT molecular complexity index is 185. The van der Waals surface area contributed by atoms with Gasteiger partial charge in [0.2, 0.25) is 0 Å². The largest absolute Gasteiger partial charge is 0.269 e. The van der Waals surface area contributed by atoms with Crippen LogP contribution in [0.4, 0.5) is 4.39 Å². The predicted molar refractivity (Wildman–Crippen MR) is 31.6 cm³/mol. The number of alkyl halides is 1. The zero-order chi connectivity index (χ0) is 6.85. The van der Waals surface area contributed by atoms with Crippen molar-refractivity contribution in [3.63, 3.8) is 0 Å². The first-order chi connectivity index (χ1) is 4.25. The summed E-state index contributed by atoms with van der Waals surface area (Å²) in [6.07, 6.45) is 2.66. The Morgan fingerprint density at radius 1 is 1.78 bits per heavy atom. The molecule has 0 spiro atoms. The summed E-state index contributed by atoms with van der Waals surface area (Å²) in [4.78, 5) is 0. The molecule has 0 aromatic carbocycles. The molecule has 2 nitrogen and oxygen atoms in total. The third kappa shape index (κ3) is 0.943. The molecule has 1 aromatic heterocycles. The molecule has 0 saturated heterocycles. The van der Waals surface area contributed by atoms with Gasteiger partial charge in [-0.3, -0.25) is 4.68 Å². The van der Waals surface area contributed by atoms with Crippen LogP contribution in [0.3, 0.4) is 0 Å². The number of aryl methyl sites for hydroxylation is 2. The number of hydrogen-bond donors (Lipinski definition) is 0. The zero-order valence-corrected chi connectivity index (χ0v) is 5.48. The second-order valence-electron chi connectivity index (χ2n) is 1.94. The van der Waals surface area contributed by atoms with Gasteiger partial charge in [0.05, 0.1) is 5.69 Å².